The van der Waals surface area contributed by atoms with Crippen molar-refractivity contribution in [3.05, 3.63) is 48.3 Å². The van der Waals surface area contributed by atoms with Crippen LogP contribution in [0.5, 0.6) is 0 Å². The van der Waals surface area contributed by atoms with Crippen molar-refractivity contribution < 1.29 is 0 Å². The summed E-state index contributed by atoms with van der Waals surface area (Å²) in [6.07, 6.45) is 0. The molecule has 0 saturated heterocycles. The number of anilines is 1. The maximum atomic E-state index is 5.93. The number of fused-ring (bicyclic) bond motifs is 1. The lowest BCUT2D eigenvalue weighted by Gasteiger charge is -2.17. The van der Waals surface area contributed by atoms with Crippen molar-refractivity contribution in [3.63, 3.8) is 0 Å². The lowest BCUT2D eigenvalue weighted by atomic mass is 9.95. The fourth-order valence-corrected chi connectivity index (χ4v) is 2.14. The van der Waals surface area contributed by atoms with Gasteiger partial charge in [-0.25, -0.2) is 15.0 Å². The molecular formula is C17H18N4. The van der Waals surface area contributed by atoms with E-state index in [0.717, 1.165) is 28.1 Å². The van der Waals surface area contributed by atoms with Crippen LogP contribution >= 0.6 is 0 Å². The molecule has 0 unspecified atom stereocenters. The summed E-state index contributed by atoms with van der Waals surface area (Å²) in [5.74, 6) is 1.20. The molecule has 3 aromatic rings. The SMILES string of the molecule is CC(C)(C)c1nc(N)cc(-c2ccc3ccccc3n2)n1. The normalized spacial score (nSPS) is 11.8. The summed E-state index contributed by atoms with van der Waals surface area (Å²) in [7, 11) is 0. The minimum absolute atomic E-state index is 0.152. The van der Waals surface area contributed by atoms with Gasteiger partial charge in [-0.1, -0.05) is 45.0 Å². The molecule has 0 aliphatic carbocycles. The number of nitrogens with two attached hydrogens (primary N) is 1. The lowest BCUT2D eigenvalue weighted by molar-refractivity contribution is 0.547. The minimum atomic E-state index is -0.152. The minimum Gasteiger partial charge on any atom is -0.384 e. The van der Waals surface area contributed by atoms with Crippen molar-refractivity contribution >= 4 is 16.7 Å². The van der Waals surface area contributed by atoms with Crippen molar-refractivity contribution in [2.75, 3.05) is 5.73 Å². The second-order valence-electron chi connectivity index (χ2n) is 6.14. The van der Waals surface area contributed by atoms with Crippen LogP contribution in [-0.2, 0) is 5.41 Å². The Hall–Kier alpha value is -2.49. The number of hydrogen-bond acceptors (Lipinski definition) is 4. The van der Waals surface area contributed by atoms with E-state index in [-0.39, 0.29) is 5.41 Å². The third-order valence-electron chi connectivity index (χ3n) is 3.28. The molecule has 0 atom stereocenters. The van der Waals surface area contributed by atoms with Crippen LogP contribution in [-0.4, -0.2) is 15.0 Å². The van der Waals surface area contributed by atoms with Gasteiger partial charge in [0.15, 0.2) is 0 Å². The number of hydrogen-bond donors (Lipinski definition) is 1. The molecule has 1 aromatic carbocycles. The highest BCUT2D eigenvalue weighted by molar-refractivity contribution is 5.81. The number of pyridine rings is 1. The predicted molar refractivity (Wildman–Crippen MR) is 85.9 cm³/mol. The highest BCUT2D eigenvalue weighted by atomic mass is 15.0. The third kappa shape index (κ3) is 2.70. The Kier molecular flexibility index (Phi) is 3.09. The average Bonchev–Trinajstić information content (AvgIpc) is 2.45. The summed E-state index contributed by atoms with van der Waals surface area (Å²) in [4.78, 5) is 13.6. The molecule has 3 rings (SSSR count). The van der Waals surface area contributed by atoms with Crippen LogP contribution in [0, 0.1) is 0 Å². The highest BCUT2D eigenvalue weighted by Crippen LogP contribution is 2.25. The van der Waals surface area contributed by atoms with E-state index in [4.69, 9.17) is 5.73 Å². The van der Waals surface area contributed by atoms with Gasteiger partial charge in [-0.15, -0.1) is 0 Å². The van der Waals surface area contributed by atoms with Gasteiger partial charge in [0.05, 0.1) is 16.9 Å². The number of benzene rings is 1. The van der Waals surface area contributed by atoms with Crippen molar-refractivity contribution in [2.45, 2.75) is 26.2 Å². The van der Waals surface area contributed by atoms with Crippen molar-refractivity contribution in [1.82, 2.24) is 15.0 Å². The highest BCUT2D eigenvalue weighted by Gasteiger charge is 2.19. The Bertz CT molecular complexity index is 803. The van der Waals surface area contributed by atoms with E-state index in [9.17, 15) is 0 Å². The number of nitrogen functional groups attached to an aromatic ring is 1. The molecule has 21 heavy (non-hydrogen) atoms. The van der Waals surface area contributed by atoms with Crippen molar-refractivity contribution in [2.24, 2.45) is 0 Å². The molecule has 0 radical (unpaired) electrons. The summed E-state index contributed by atoms with van der Waals surface area (Å²) in [6, 6.07) is 13.8. The van der Waals surface area contributed by atoms with Crippen LogP contribution in [0.2, 0.25) is 0 Å². The van der Waals surface area contributed by atoms with Crippen LogP contribution in [0.3, 0.4) is 0 Å². The smallest absolute Gasteiger partial charge is 0.136 e. The van der Waals surface area contributed by atoms with Gasteiger partial charge >= 0.3 is 0 Å². The Morgan fingerprint density at radius 2 is 1.62 bits per heavy atom. The zero-order valence-electron chi connectivity index (χ0n) is 12.5. The monoisotopic (exact) mass is 278 g/mol. The quantitative estimate of drug-likeness (QED) is 0.739. The average molecular weight is 278 g/mol. The van der Waals surface area contributed by atoms with E-state index in [2.05, 4.69) is 35.7 Å². The lowest BCUT2D eigenvalue weighted by Crippen LogP contribution is -2.17. The molecular weight excluding hydrogens is 260 g/mol. The first-order chi connectivity index (χ1) is 9.93. The van der Waals surface area contributed by atoms with Gasteiger partial charge in [-0.3, -0.25) is 0 Å². The maximum absolute atomic E-state index is 5.93. The van der Waals surface area contributed by atoms with E-state index in [1.807, 2.05) is 36.4 Å². The van der Waals surface area contributed by atoms with Gasteiger partial charge in [-0.2, -0.15) is 0 Å². The van der Waals surface area contributed by atoms with Gasteiger partial charge < -0.3 is 5.73 Å². The van der Waals surface area contributed by atoms with E-state index >= 15 is 0 Å². The summed E-state index contributed by atoms with van der Waals surface area (Å²) in [6.45, 7) is 6.21. The van der Waals surface area contributed by atoms with E-state index in [0.29, 0.717) is 5.82 Å². The first kappa shape index (κ1) is 13.5. The fraction of sp³-hybridized carbons (Fsp3) is 0.235. The first-order valence-electron chi connectivity index (χ1n) is 6.95. The topological polar surface area (TPSA) is 64.7 Å². The molecule has 4 heteroatoms. The zero-order valence-corrected chi connectivity index (χ0v) is 12.5. The summed E-state index contributed by atoms with van der Waals surface area (Å²) in [5, 5.41) is 1.11. The van der Waals surface area contributed by atoms with Crippen LogP contribution in [0.1, 0.15) is 26.6 Å². The molecule has 0 amide bonds. The first-order valence-corrected chi connectivity index (χ1v) is 6.95. The Morgan fingerprint density at radius 1 is 0.857 bits per heavy atom. The molecule has 0 saturated carbocycles. The summed E-state index contributed by atoms with van der Waals surface area (Å²) >= 11 is 0. The fourth-order valence-electron chi connectivity index (χ4n) is 2.14. The van der Waals surface area contributed by atoms with Crippen molar-refractivity contribution in [3.8, 4) is 11.4 Å². The molecule has 106 valence electrons. The molecule has 0 aliphatic heterocycles. The second-order valence-corrected chi connectivity index (χ2v) is 6.14. The van der Waals surface area contributed by atoms with Gasteiger partial charge in [0, 0.05) is 16.9 Å². The number of rotatable bonds is 1. The predicted octanol–water partition coefficient (Wildman–Crippen LogP) is 3.57. The summed E-state index contributed by atoms with van der Waals surface area (Å²) < 4.78 is 0. The molecule has 0 spiro atoms. The summed E-state index contributed by atoms with van der Waals surface area (Å²) in [5.41, 5.74) is 8.30. The molecule has 4 nitrogen and oxygen atoms in total. The zero-order chi connectivity index (χ0) is 15.0. The Morgan fingerprint density at radius 3 is 2.38 bits per heavy atom. The van der Waals surface area contributed by atoms with E-state index in [1.165, 1.54) is 0 Å². The van der Waals surface area contributed by atoms with Gasteiger partial charge in [0.1, 0.15) is 11.6 Å². The molecule has 0 aliphatic rings. The van der Waals surface area contributed by atoms with Crippen molar-refractivity contribution in [1.29, 1.82) is 0 Å². The number of para-hydroxylation sites is 1. The van der Waals surface area contributed by atoms with Crippen LogP contribution in [0.15, 0.2) is 42.5 Å². The standard InChI is InChI=1S/C17H18N4/c1-17(2,3)16-20-14(10-15(18)21-16)13-9-8-11-6-4-5-7-12(11)19-13/h4-10H,1-3H3,(H2,18,20,21). The second kappa shape index (κ2) is 4.81. The number of nitrogens with zero attached hydrogens (tertiary/aromatic N) is 3. The Balaban J connectivity index is 2.16. The van der Waals surface area contributed by atoms with Crippen LogP contribution in [0.25, 0.3) is 22.3 Å². The van der Waals surface area contributed by atoms with Gasteiger partial charge in [-0.05, 0) is 12.1 Å². The van der Waals surface area contributed by atoms with E-state index in [1.54, 1.807) is 6.07 Å². The molecule has 2 N–H and O–H groups in total. The molecule has 2 heterocycles. The van der Waals surface area contributed by atoms with Crippen LogP contribution < -0.4 is 5.73 Å². The Labute approximate surface area is 124 Å². The van der Waals surface area contributed by atoms with E-state index < -0.39 is 0 Å². The largest absolute Gasteiger partial charge is 0.384 e. The number of aromatic nitrogens is 3. The molecule has 0 fully saturated rings. The van der Waals surface area contributed by atoms with Crippen LogP contribution in [0.4, 0.5) is 5.82 Å². The molecule has 0 bridgehead atoms. The molecule has 2 aromatic heterocycles. The van der Waals surface area contributed by atoms with Gasteiger partial charge in [0.2, 0.25) is 0 Å². The maximum Gasteiger partial charge on any atom is 0.136 e. The third-order valence-corrected chi connectivity index (χ3v) is 3.28. The van der Waals surface area contributed by atoms with Gasteiger partial charge in [0.25, 0.3) is 0 Å².